The summed E-state index contributed by atoms with van der Waals surface area (Å²) in [5, 5.41) is 0. The van der Waals surface area contributed by atoms with Crippen molar-refractivity contribution < 1.29 is 4.79 Å². The molecular weight excluding hydrogens is 238 g/mol. The molecule has 1 saturated heterocycles. The third-order valence-corrected chi connectivity index (χ3v) is 2.86. The molecule has 0 aromatic carbocycles. The highest BCUT2D eigenvalue weighted by Gasteiger charge is 2.19. The zero-order valence-electron chi connectivity index (χ0n) is 9.71. The van der Waals surface area contributed by atoms with Gasteiger partial charge in [0.05, 0.1) is 6.54 Å². The molecular formula is C12H18ClN3O. The maximum absolute atomic E-state index is 11.9. The Bertz CT molecular complexity index is 358. The standard InChI is InChI=1S/C12H17N3O.ClH/c13-10-4-3-7-15(8-10)9-12(16)11-5-1-2-6-14-11;/h1-2,5-6,10H,3-4,7-9,13H2;1H. The van der Waals surface area contributed by atoms with Crippen molar-refractivity contribution in [3.63, 3.8) is 0 Å². The fraction of sp³-hybridized carbons (Fsp3) is 0.500. The van der Waals surface area contributed by atoms with Crippen molar-refractivity contribution in [3.8, 4) is 0 Å². The second kappa shape index (κ2) is 6.69. The number of likely N-dealkylation sites (tertiary alicyclic amines) is 1. The number of Topliss-reactive ketones (excluding diaryl/α,β-unsaturated/α-hetero) is 1. The number of carbonyl (C=O) groups excluding carboxylic acids is 1. The van der Waals surface area contributed by atoms with Gasteiger partial charge in [-0.15, -0.1) is 12.4 Å². The number of halogens is 1. The lowest BCUT2D eigenvalue weighted by molar-refractivity contribution is 0.0903. The van der Waals surface area contributed by atoms with E-state index in [-0.39, 0.29) is 24.2 Å². The molecule has 5 heteroatoms. The third-order valence-electron chi connectivity index (χ3n) is 2.86. The van der Waals surface area contributed by atoms with Crippen LogP contribution in [-0.4, -0.2) is 41.3 Å². The van der Waals surface area contributed by atoms with Crippen LogP contribution < -0.4 is 5.73 Å². The van der Waals surface area contributed by atoms with Gasteiger partial charge >= 0.3 is 0 Å². The van der Waals surface area contributed by atoms with Gasteiger partial charge in [0.2, 0.25) is 0 Å². The van der Waals surface area contributed by atoms with E-state index in [2.05, 4.69) is 9.88 Å². The zero-order chi connectivity index (χ0) is 11.4. The Balaban J connectivity index is 0.00000144. The summed E-state index contributed by atoms with van der Waals surface area (Å²) in [6.07, 6.45) is 3.79. The summed E-state index contributed by atoms with van der Waals surface area (Å²) in [6.45, 7) is 2.22. The molecule has 94 valence electrons. The van der Waals surface area contributed by atoms with E-state index >= 15 is 0 Å². The van der Waals surface area contributed by atoms with Gasteiger partial charge in [0, 0.05) is 18.8 Å². The normalized spacial score (nSPS) is 20.6. The van der Waals surface area contributed by atoms with Crippen molar-refractivity contribution in [2.75, 3.05) is 19.6 Å². The van der Waals surface area contributed by atoms with Gasteiger partial charge in [-0.3, -0.25) is 14.7 Å². The minimum Gasteiger partial charge on any atom is -0.327 e. The molecule has 0 radical (unpaired) electrons. The van der Waals surface area contributed by atoms with E-state index in [0.29, 0.717) is 12.2 Å². The summed E-state index contributed by atoms with van der Waals surface area (Å²) in [4.78, 5) is 18.0. The highest BCUT2D eigenvalue weighted by molar-refractivity contribution is 5.95. The minimum absolute atomic E-state index is 0. The summed E-state index contributed by atoms with van der Waals surface area (Å²) in [6, 6.07) is 5.62. The number of rotatable bonds is 3. The first kappa shape index (κ1) is 14.1. The number of hydrogen-bond donors (Lipinski definition) is 1. The Morgan fingerprint density at radius 3 is 3.00 bits per heavy atom. The summed E-state index contributed by atoms with van der Waals surface area (Å²) in [7, 11) is 0. The van der Waals surface area contributed by atoms with Crippen LogP contribution in [0.2, 0.25) is 0 Å². The van der Waals surface area contributed by atoms with Crippen LogP contribution in [0.4, 0.5) is 0 Å². The van der Waals surface area contributed by atoms with Crippen LogP contribution in [0.5, 0.6) is 0 Å². The number of nitrogens with zero attached hydrogens (tertiary/aromatic N) is 2. The van der Waals surface area contributed by atoms with Crippen molar-refractivity contribution in [1.82, 2.24) is 9.88 Å². The lowest BCUT2D eigenvalue weighted by atomic mass is 10.1. The van der Waals surface area contributed by atoms with Crippen molar-refractivity contribution in [2.45, 2.75) is 18.9 Å². The van der Waals surface area contributed by atoms with Gasteiger partial charge in [-0.05, 0) is 31.5 Å². The van der Waals surface area contributed by atoms with E-state index in [0.717, 1.165) is 25.9 Å². The first-order chi connectivity index (χ1) is 7.75. The monoisotopic (exact) mass is 255 g/mol. The molecule has 1 aromatic heterocycles. The molecule has 0 amide bonds. The molecule has 17 heavy (non-hydrogen) atoms. The van der Waals surface area contributed by atoms with E-state index in [9.17, 15) is 4.79 Å². The first-order valence-electron chi connectivity index (χ1n) is 5.68. The van der Waals surface area contributed by atoms with Gasteiger partial charge in [0.1, 0.15) is 5.69 Å². The summed E-state index contributed by atoms with van der Waals surface area (Å²) >= 11 is 0. The summed E-state index contributed by atoms with van der Waals surface area (Å²) in [5.41, 5.74) is 6.41. The van der Waals surface area contributed by atoms with Crippen LogP contribution in [0.1, 0.15) is 23.3 Å². The Kier molecular flexibility index (Phi) is 5.55. The average molecular weight is 256 g/mol. The average Bonchev–Trinajstić information content (AvgIpc) is 2.30. The molecule has 1 aromatic rings. The van der Waals surface area contributed by atoms with Crippen molar-refractivity contribution in [3.05, 3.63) is 30.1 Å². The highest BCUT2D eigenvalue weighted by atomic mass is 35.5. The van der Waals surface area contributed by atoms with Crippen LogP contribution in [0.15, 0.2) is 24.4 Å². The number of ketones is 1. The van der Waals surface area contributed by atoms with E-state index in [1.54, 1.807) is 12.3 Å². The van der Waals surface area contributed by atoms with Crippen LogP contribution in [-0.2, 0) is 0 Å². The molecule has 1 atom stereocenters. The molecule has 0 spiro atoms. The lowest BCUT2D eigenvalue weighted by Gasteiger charge is -2.29. The minimum atomic E-state index is 0. The predicted octanol–water partition coefficient (Wildman–Crippen LogP) is 1.11. The van der Waals surface area contributed by atoms with Crippen LogP contribution >= 0.6 is 12.4 Å². The smallest absolute Gasteiger partial charge is 0.195 e. The summed E-state index contributed by atoms with van der Waals surface area (Å²) < 4.78 is 0. The molecule has 2 heterocycles. The Hall–Kier alpha value is -0.970. The number of nitrogens with two attached hydrogens (primary N) is 1. The van der Waals surface area contributed by atoms with Crippen molar-refractivity contribution >= 4 is 18.2 Å². The fourth-order valence-corrected chi connectivity index (χ4v) is 2.05. The highest BCUT2D eigenvalue weighted by Crippen LogP contribution is 2.08. The van der Waals surface area contributed by atoms with E-state index in [1.807, 2.05) is 12.1 Å². The largest absolute Gasteiger partial charge is 0.327 e. The topological polar surface area (TPSA) is 59.2 Å². The molecule has 1 unspecified atom stereocenters. The second-order valence-corrected chi connectivity index (χ2v) is 4.28. The maximum atomic E-state index is 11.9. The van der Waals surface area contributed by atoms with E-state index < -0.39 is 0 Å². The lowest BCUT2D eigenvalue weighted by Crippen LogP contribution is -2.44. The predicted molar refractivity (Wildman–Crippen MR) is 69.5 cm³/mol. The Morgan fingerprint density at radius 2 is 2.35 bits per heavy atom. The molecule has 1 aliphatic heterocycles. The number of hydrogen-bond acceptors (Lipinski definition) is 4. The maximum Gasteiger partial charge on any atom is 0.195 e. The number of pyridine rings is 1. The zero-order valence-corrected chi connectivity index (χ0v) is 10.5. The van der Waals surface area contributed by atoms with E-state index in [4.69, 9.17) is 5.73 Å². The van der Waals surface area contributed by atoms with Gasteiger partial charge in [-0.2, -0.15) is 0 Å². The molecule has 1 fully saturated rings. The van der Waals surface area contributed by atoms with Gasteiger partial charge in [-0.25, -0.2) is 0 Å². The van der Waals surface area contributed by atoms with Crippen LogP contribution in [0, 0.1) is 0 Å². The quantitative estimate of drug-likeness (QED) is 0.822. The van der Waals surface area contributed by atoms with Crippen molar-refractivity contribution in [2.24, 2.45) is 5.73 Å². The van der Waals surface area contributed by atoms with Gasteiger partial charge < -0.3 is 5.73 Å². The number of piperidine rings is 1. The van der Waals surface area contributed by atoms with Crippen LogP contribution in [0.25, 0.3) is 0 Å². The van der Waals surface area contributed by atoms with Gasteiger partial charge in [0.25, 0.3) is 0 Å². The van der Waals surface area contributed by atoms with Crippen LogP contribution in [0.3, 0.4) is 0 Å². The number of carbonyl (C=O) groups is 1. The van der Waals surface area contributed by atoms with Crippen molar-refractivity contribution in [1.29, 1.82) is 0 Å². The molecule has 2 rings (SSSR count). The Morgan fingerprint density at radius 1 is 1.53 bits per heavy atom. The van der Waals surface area contributed by atoms with E-state index in [1.165, 1.54) is 0 Å². The number of aromatic nitrogens is 1. The molecule has 1 aliphatic rings. The summed E-state index contributed by atoms with van der Waals surface area (Å²) in [5.74, 6) is 0.0784. The molecule has 2 N–H and O–H groups in total. The second-order valence-electron chi connectivity index (χ2n) is 4.28. The molecule has 0 bridgehead atoms. The van der Waals surface area contributed by atoms with Gasteiger partial charge in [0.15, 0.2) is 5.78 Å². The third kappa shape index (κ3) is 4.07. The van der Waals surface area contributed by atoms with Gasteiger partial charge in [-0.1, -0.05) is 6.07 Å². The first-order valence-corrected chi connectivity index (χ1v) is 5.68. The fourth-order valence-electron chi connectivity index (χ4n) is 2.05. The Labute approximate surface area is 108 Å². The SMILES string of the molecule is Cl.NC1CCCN(CC(=O)c2ccccn2)C1. The molecule has 4 nitrogen and oxygen atoms in total. The molecule has 0 saturated carbocycles. The molecule has 0 aliphatic carbocycles.